The monoisotopic (exact) mass is 308 g/mol. The zero-order valence-electron chi connectivity index (χ0n) is 11.0. The number of halogens is 4. The van der Waals surface area contributed by atoms with E-state index in [1.165, 1.54) is 14.0 Å². The zero-order valence-corrected chi connectivity index (χ0v) is 11.0. The molecule has 0 aliphatic rings. The lowest BCUT2D eigenvalue weighted by Crippen LogP contribution is -2.42. The minimum atomic E-state index is -4.90. The summed E-state index contributed by atoms with van der Waals surface area (Å²) in [6.45, 7) is 1.23. The quantitative estimate of drug-likeness (QED) is 0.844. The van der Waals surface area contributed by atoms with Gasteiger partial charge in [-0.3, -0.25) is 0 Å². The molecule has 0 fully saturated rings. The molecule has 116 valence electrons. The number of amides is 2. The van der Waals surface area contributed by atoms with Crippen molar-refractivity contribution in [3.05, 3.63) is 29.6 Å². The molecular weight excluding hydrogens is 296 g/mol. The maximum absolute atomic E-state index is 13.1. The Labute approximate surface area is 117 Å². The first-order chi connectivity index (χ1) is 9.54. The van der Waals surface area contributed by atoms with Gasteiger partial charge < -0.3 is 15.3 Å². The van der Waals surface area contributed by atoms with Crippen LogP contribution in [0.2, 0.25) is 0 Å². The summed E-state index contributed by atoms with van der Waals surface area (Å²) in [5.41, 5.74) is -1.81. The number of urea groups is 1. The molecular formula is C12H12F4N2O3. The highest BCUT2D eigenvalue weighted by Crippen LogP contribution is 2.33. The fourth-order valence-electron chi connectivity index (χ4n) is 1.37. The molecule has 0 bridgehead atoms. The Balaban J connectivity index is 2.94. The third kappa shape index (κ3) is 4.07. The summed E-state index contributed by atoms with van der Waals surface area (Å²) in [6, 6.07) is -0.148. The van der Waals surface area contributed by atoms with Gasteiger partial charge >= 0.3 is 18.2 Å². The van der Waals surface area contributed by atoms with E-state index in [0.29, 0.717) is 12.1 Å². The van der Waals surface area contributed by atoms with E-state index in [-0.39, 0.29) is 5.69 Å². The third-order valence-electron chi connectivity index (χ3n) is 2.78. The first kappa shape index (κ1) is 16.7. The lowest BCUT2D eigenvalue weighted by Gasteiger charge is -2.22. The van der Waals surface area contributed by atoms with E-state index < -0.39 is 35.6 Å². The summed E-state index contributed by atoms with van der Waals surface area (Å²) in [6.07, 6.45) is -4.90. The average Bonchev–Trinajstić information content (AvgIpc) is 2.37. The van der Waals surface area contributed by atoms with Crippen LogP contribution in [0, 0.1) is 5.82 Å². The average molecular weight is 308 g/mol. The normalized spacial score (nSPS) is 12.7. The molecule has 0 aliphatic heterocycles. The van der Waals surface area contributed by atoms with Crippen molar-refractivity contribution < 1.29 is 32.3 Å². The lowest BCUT2D eigenvalue weighted by atomic mass is 10.2. The van der Waals surface area contributed by atoms with Gasteiger partial charge in [0.1, 0.15) is 11.9 Å². The zero-order chi connectivity index (χ0) is 16.4. The van der Waals surface area contributed by atoms with Gasteiger partial charge in [-0.1, -0.05) is 0 Å². The van der Waals surface area contributed by atoms with E-state index in [0.717, 1.165) is 11.0 Å². The SMILES string of the molecule is CC(C(=O)O)N(C)C(=O)Nc1ccc(F)c(C(F)(F)F)c1. The van der Waals surface area contributed by atoms with Crippen LogP contribution in [0.25, 0.3) is 0 Å². The number of benzene rings is 1. The Kier molecular flexibility index (Phi) is 4.77. The molecule has 1 rings (SSSR count). The number of hydrogen-bond donors (Lipinski definition) is 2. The molecule has 0 saturated carbocycles. The van der Waals surface area contributed by atoms with Gasteiger partial charge in [0.25, 0.3) is 0 Å². The molecule has 1 aromatic rings. The van der Waals surface area contributed by atoms with Crippen LogP contribution < -0.4 is 5.32 Å². The molecule has 2 N–H and O–H groups in total. The number of rotatable bonds is 3. The van der Waals surface area contributed by atoms with Crippen molar-refractivity contribution in [2.75, 3.05) is 12.4 Å². The first-order valence-electron chi connectivity index (χ1n) is 5.67. The number of alkyl halides is 3. The molecule has 0 aliphatic carbocycles. The summed E-state index contributed by atoms with van der Waals surface area (Å²) in [5, 5.41) is 10.8. The Hall–Kier alpha value is -2.32. The van der Waals surface area contributed by atoms with Crippen molar-refractivity contribution >= 4 is 17.7 Å². The minimum absolute atomic E-state index is 0.293. The molecule has 1 unspecified atom stereocenters. The van der Waals surface area contributed by atoms with Crippen LogP contribution in [-0.2, 0) is 11.0 Å². The van der Waals surface area contributed by atoms with Gasteiger partial charge in [0, 0.05) is 12.7 Å². The van der Waals surface area contributed by atoms with Crippen molar-refractivity contribution in [3.8, 4) is 0 Å². The van der Waals surface area contributed by atoms with Crippen LogP contribution in [-0.4, -0.2) is 35.1 Å². The third-order valence-corrected chi connectivity index (χ3v) is 2.78. The topological polar surface area (TPSA) is 69.6 Å². The summed E-state index contributed by atoms with van der Waals surface area (Å²) in [4.78, 5) is 23.2. The van der Waals surface area contributed by atoms with Gasteiger partial charge in [-0.25, -0.2) is 14.0 Å². The number of hydrogen-bond acceptors (Lipinski definition) is 2. The number of nitrogens with zero attached hydrogens (tertiary/aromatic N) is 1. The molecule has 1 aromatic carbocycles. The van der Waals surface area contributed by atoms with Gasteiger partial charge in [-0.2, -0.15) is 13.2 Å². The van der Waals surface area contributed by atoms with Gasteiger partial charge in [0.05, 0.1) is 5.56 Å². The number of anilines is 1. The van der Waals surface area contributed by atoms with Crippen molar-refractivity contribution in [1.82, 2.24) is 4.90 Å². The van der Waals surface area contributed by atoms with Crippen LogP contribution in [0.3, 0.4) is 0 Å². The molecule has 5 nitrogen and oxygen atoms in total. The Bertz CT molecular complexity index is 560. The standard InChI is InChI=1S/C12H12F4N2O3/c1-6(10(19)20)18(2)11(21)17-7-3-4-9(13)8(5-7)12(14,15)16/h3-6H,1-2H3,(H,17,21)(H,19,20). The molecule has 0 radical (unpaired) electrons. The molecule has 0 saturated heterocycles. The van der Waals surface area contributed by atoms with Gasteiger partial charge in [-0.15, -0.1) is 0 Å². The Morgan fingerprint density at radius 3 is 2.38 bits per heavy atom. The van der Waals surface area contributed by atoms with Crippen molar-refractivity contribution in [3.63, 3.8) is 0 Å². The molecule has 2 amide bonds. The van der Waals surface area contributed by atoms with Crippen molar-refractivity contribution in [1.29, 1.82) is 0 Å². The van der Waals surface area contributed by atoms with Gasteiger partial charge in [0.2, 0.25) is 0 Å². The van der Waals surface area contributed by atoms with Gasteiger partial charge in [-0.05, 0) is 25.1 Å². The number of carbonyl (C=O) groups excluding carboxylic acids is 1. The van der Waals surface area contributed by atoms with E-state index in [1.807, 2.05) is 0 Å². The molecule has 0 spiro atoms. The largest absolute Gasteiger partial charge is 0.480 e. The van der Waals surface area contributed by atoms with Crippen LogP contribution in [0.4, 0.5) is 28.0 Å². The van der Waals surface area contributed by atoms with E-state index in [2.05, 4.69) is 5.32 Å². The van der Waals surface area contributed by atoms with E-state index in [9.17, 15) is 27.2 Å². The summed E-state index contributed by atoms with van der Waals surface area (Å²) < 4.78 is 50.6. The maximum atomic E-state index is 13.1. The Morgan fingerprint density at radius 1 is 1.33 bits per heavy atom. The fraction of sp³-hybridized carbons (Fsp3) is 0.333. The van der Waals surface area contributed by atoms with Gasteiger partial charge in [0.15, 0.2) is 0 Å². The number of carboxylic acids is 1. The molecule has 0 aromatic heterocycles. The summed E-state index contributed by atoms with van der Waals surface area (Å²) in [7, 11) is 1.17. The molecule has 0 heterocycles. The summed E-state index contributed by atoms with van der Waals surface area (Å²) in [5.74, 6) is -2.74. The minimum Gasteiger partial charge on any atom is -0.480 e. The highest BCUT2D eigenvalue weighted by atomic mass is 19.4. The van der Waals surface area contributed by atoms with Crippen molar-refractivity contribution in [2.45, 2.75) is 19.1 Å². The van der Waals surface area contributed by atoms with E-state index in [1.54, 1.807) is 0 Å². The summed E-state index contributed by atoms with van der Waals surface area (Å²) >= 11 is 0. The number of nitrogens with one attached hydrogen (secondary N) is 1. The maximum Gasteiger partial charge on any atom is 0.419 e. The lowest BCUT2D eigenvalue weighted by molar-refractivity contribution is -0.141. The smallest absolute Gasteiger partial charge is 0.419 e. The predicted octanol–water partition coefficient (Wildman–Crippen LogP) is 2.78. The molecule has 21 heavy (non-hydrogen) atoms. The predicted molar refractivity (Wildman–Crippen MR) is 65.3 cm³/mol. The number of carbonyl (C=O) groups is 2. The van der Waals surface area contributed by atoms with E-state index >= 15 is 0 Å². The van der Waals surface area contributed by atoms with E-state index in [4.69, 9.17) is 5.11 Å². The van der Waals surface area contributed by atoms with Crippen LogP contribution in [0.15, 0.2) is 18.2 Å². The fourth-order valence-corrected chi connectivity index (χ4v) is 1.37. The molecule has 9 heteroatoms. The Morgan fingerprint density at radius 2 is 1.90 bits per heavy atom. The van der Waals surface area contributed by atoms with Crippen LogP contribution >= 0.6 is 0 Å². The number of aliphatic carboxylic acids is 1. The molecule has 1 atom stereocenters. The second-order valence-electron chi connectivity index (χ2n) is 4.25. The second kappa shape index (κ2) is 5.98. The number of likely N-dealkylation sites (N-methyl/N-ethyl adjacent to an activating group) is 1. The first-order valence-corrected chi connectivity index (χ1v) is 5.67. The van der Waals surface area contributed by atoms with Crippen molar-refractivity contribution in [2.24, 2.45) is 0 Å². The van der Waals surface area contributed by atoms with Crippen LogP contribution in [0.1, 0.15) is 12.5 Å². The van der Waals surface area contributed by atoms with Crippen LogP contribution in [0.5, 0.6) is 0 Å². The highest BCUT2D eigenvalue weighted by Gasteiger charge is 2.34. The highest BCUT2D eigenvalue weighted by molar-refractivity contribution is 5.92. The number of carboxylic acid groups (broad SMARTS) is 1. The second-order valence-corrected chi connectivity index (χ2v) is 4.25.